The van der Waals surface area contributed by atoms with Crippen molar-refractivity contribution in [2.24, 2.45) is 0 Å². The summed E-state index contributed by atoms with van der Waals surface area (Å²) in [5.74, 6) is -0.213. The minimum atomic E-state index is -0.233. The lowest BCUT2D eigenvalue weighted by Gasteiger charge is -2.02. The second kappa shape index (κ2) is 8.64. The first-order valence-electron chi connectivity index (χ1n) is 7.36. The number of amides is 2. The smallest absolute Gasteiger partial charge is 0.257 e. The summed E-state index contributed by atoms with van der Waals surface area (Å²) < 4.78 is 0. The van der Waals surface area contributed by atoms with E-state index in [1.807, 2.05) is 12.3 Å². The summed E-state index contributed by atoms with van der Waals surface area (Å²) in [4.78, 5) is 27.9. The average molecular weight is 352 g/mol. The largest absolute Gasteiger partial charge is 0.356 e. The summed E-state index contributed by atoms with van der Waals surface area (Å²) >= 11 is 7.14. The molecule has 7 heteroatoms. The van der Waals surface area contributed by atoms with Crippen molar-refractivity contribution < 1.29 is 9.59 Å². The number of benzene rings is 1. The molecule has 0 saturated heterocycles. The Bertz CT molecular complexity index is 670. The van der Waals surface area contributed by atoms with Crippen molar-refractivity contribution in [2.45, 2.75) is 26.2 Å². The second-order valence-electron chi connectivity index (χ2n) is 4.95. The Labute approximate surface area is 144 Å². The zero-order chi connectivity index (χ0) is 16.7. The van der Waals surface area contributed by atoms with Gasteiger partial charge in [-0.15, -0.1) is 11.3 Å². The van der Waals surface area contributed by atoms with Gasteiger partial charge < -0.3 is 5.32 Å². The van der Waals surface area contributed by atoms with Crippen molar-refractivity contribution in [2.75, 3.05) is 11.9 Å². The van der Waals surface area contributed by atoms with Gasteiger partial charge in [-0.05, 0) is 37.1 Å². The normalized spacial score (nSPS) is 10.3. The van der Waals surface area contributed by atoms with Crippen LogP contribution in [-0.4, -0.2) is 23.3 Å². The van der Waals surface area contributed by atoms with Gasteiger partial charge in [0.25, 0.3) is 5.91 Å². The van der Waals surface area contributed by atoms with Crippen molar-refractivity contribution >= 4 is 39.9 Å². The van der Waals surface area contributed by atoms with Crippen LogP contribution in [0.4, 0.5) is 5.13 Å². The number of thiazole rings is 1. The van der Waals surface area contributed by atoms with E-state index < -0.39 is 0 Å². The highest BCUT2D eigenvalue weighted by Gasteiger charge is 2.10. The van der Waals surface area contributed by atoms with Gasteiger partial charge >= 0.3 is 0 Å². The van der Waals surface area contributed by atoms with Gasteiger partial charge in [-0.25, -0.2) is 4.98 Å². The summed E-state index contributed by atoms with van der Waals surface area (Å²) in [5, 5.41) is 8.53. The predicted molar refractivity (Wildman–Crippen MR) is 93.1 cm³/mol. The van der Waals surface area contributed by atoms with E-state index in [9.17, 15) is 9.59 Å². The molecule has 5 nitrogen and oxygen atoms in total. The van der Waals surface area contributed by atoms with Crippen LogP contribution in [0, 0.1) is 0 Å². The molecule has 0 aliphatic rings. The van der Waals surface area contributed by atoms with Gasteiger partial charge in [0.2, 0.25) is 5.91 Å². The first-order valence-corrected chi connectivity index (χ1v) is 8.62. The van der Waals surface area contributed by atoms with Crippen molar-refractivity contribution in [3.8, 4) is 0 Å². The van der Waals surface area contributed by atoms with Crippen LogP contribution in [0.15, 0.2) is 29.6 Å². The Morgan fingerprint density at radius 1 is 1.26 bits per heavy atom. The monoisotopic (exact) mass is 351 g/mol. The quantitative estimate of drug-likeness (QED) is 0.801. The molecular formula is C16H18ClN3O2S. The SMILES string of the molecule is CCCNC(=O)CCc1csc(NC(=O)c2ccc(Cl)cc2)n1. The van der Waals surface area contributed by atoms with Gasteiger partial charge in [0.15, 0.2) is 5.13 Å². The maximum absolute atomic E-state index is 12.1. The maximum atomic E-state index is 12.1. The van der Waals surface area contributed by atoms with Crippen LogP contribution < -0.4 is 10.6 Å². The number of hydrogen-bond acceptors (Lipinski definition) is 4. The number of aryl methyl sites for hydroxylation is 1. The molecule has 1 aromatic carbocycles. The van der Waals surface area contributed by atoms with Gasteiger partial charge in [0, 0.05) is 28.9 Å². The minimum absolute atomic E-state index is 0.0200. The maximum Gasteiger partial charge on any atom is 0.257 e. The fourth-order valence-electron chi connectivity index (χ4n) is 1.84. The third-order valence-electron chi connectivity index (χ3n) is 3.06. The number of carbonyl (C=O) groups is 2. The molecule has 1 heterocycles. The molecule has 0 radical (unpaired) electrons. The number of nitrogens with one attached hydrogen (secondary N) is 2. The lowest BCUT2D eigenvalue weighted by Crippen LogP contribution is -2.24. The molecule has 0 saturated carbocycles. The number of rotatable bonds is 7. The summed E-state index contributed by atoms with van der Waals surface area (Å²) in [5.41, 5.74) is 1.32. The number of hydrogen-bond donors (Lipinski definition) is 2. The molecule has 0 fully saturated rings. The first kappa shape index (κ1) is 17.4. The van der Waals surface area contributed by atoms with Crippen LogP contribution in [0.25, 0.3) is 0 Å². The van der Waals surface area contributed by atoms with Crippen LogP contribution >= 0.6 is 22.9 Å². The molecule has 0 aliphatic carbocycles. The van der Waals surface area contributed by atoms with Crippen LogP contribution in [-0.2, 0) is 11.2 Å². The second-order valence-corrected chi connectivity index (χ2v) is 6.25. The lowest BCUT2D eigenvalue weighted by molar-refractivity contribution is -0.121. The van der Waals surface area contributed by atoms with E-state index in [1.54, 1.807) is 24.3 Å². The van der Waals surface area contributed by atoms with Crippen LogP contribution in [0.2, 0.25) is 5.02 Å². The fourth-order valence-corrected chi connectivity index (χ4v) is 2.71. The highest BCUT2D eigenvalue weighted by atomic mass is 35.5. The van der Waals surface area contributed by atoms with E-state index in [0.717, 1.165) is 12.1 Å². The third-order valence-corrected chi connectivity index (χ3v) is 4.12. The van der Waals surface area contributed by atoms with E-state index in [-0.39, 0.29) is 11.8 Å². The highest BCUT2D eigenvalue weighted by Crippen LogP contribution is 2.18. The molecule has 122 valence electrons. The molecule has 2 rings (SSSR count). The van der Waals surface area contributed by atoms with Crippen molar-refractivity contribution in [3.05, 3.63) is 45.9 Å². The van der Waals surface area contributed by atoms with E-state index in [4.69, 9.17) is 11.6 Å². The zero-order valence-electron chi connectivity index (χ0n) is 12.8. The average Bonchev–Trinajstić information content (AvgIpc) is 2.99. The van der Waals surface area contributed by atoms with Gasteiger partial charge in [-0.2, -0.15) is 0 Å². The molecule has 0 atom stereocenters. The molecular weight excluding hydrogens is 334 g/mol. The van der Waals surface area contributed by atoms with Crippen molar-refractivity contribution in [1.82, 2.24) is 10.3 Å². The summed E-state index contributed by atoms with van der Waals surface area (Å²) in [6.45, 7) is 2.70. The number of anilines is 1. The van der Waals surface area contributed by atoms with E-state index in [1.165, 1.54) is 11.3 Å². The van der Waals surface area contributed by atoms with E-state index >= 15 is 0 Å². The molecule has 0 bridgehead atoms. The van der Waals surface area contributed by atoms with Crippen LogP contribution in [0.5, 0.6) is 0 Å². The van der Waals surface area contributed by atoms with Gasteiger partial charge in [-0.3, -0.25) is 14.9 Å². The molecule has 0 aliphatic heterocycles. The highest BCUT2D eigenvalue weighted by molar-refractivity contribution is 7.14. The number of carbonyl (C=O) groups excluding carboxylic acids is 2. The van der Waals surface area contributed by atoms with Crippen LogP contribution in [0.3, 0.4) is 0 Å². The molecule has 0 unspecified atom stereocenters. The molecule has 23 heavy (non-hydrogen) atoms. The summed E-state index contributed by atoms with van der Waals surface area (Å²) in [7, 11) is 0. The topological polar surface area (TPSA) is 71.1 Å². The molecule has 2 amide bonds. The standard InChI is InChI=1S/C16H18ClN3O2S/c1-2-9-18-14(21)8-7-13-10-23-16(19-13)20-15(22)11-3-5-12(17)6-4-11/h3-6,10H,2,7-9H2,1H3,(H,18,21)(H,19,20,22). The number of halogens is 1. The lowest BCUT2D eigenvalue weighted by atomic mass is 10.2. The summed E-state index contributed by atoms with van der Waals surface area (Å²) in [6, 6.07) is 6.64. The Morgan fingerprint density at radius 3 is 2.70 bits per heavy atom. The number of nitrogens with zero attached hydrogens (tertiary/aromatic N) is 1. The minimum Gasteiger partial charge on any atom is -0.356 e. The molecule has 2 N–H and O–H groups in total. The Hall–Kier alpha value is -1.92. The van der Waals surface area contributed by atoms with Gasteiger partial charge in [0.05, 0.1) is 5.69 Å². The number of aromatic nitrogens is 1. The predicted octanol–water partition coefficient (Wildman–Crippen LogP) is 3.51. The van der Waals surface area contributed by atoms with Gasteiger partial charge in [-0.1, -0.05) is 18.5 Å². The van der Waals surface area contributed by atoms with E-state index in [2.05, 4.69) is 15.6 Å². The Kier molecular flexibility index (Phi) is 6.55. The van der Waals surface area contributed by atoms with Crippen molar-refractivity contribution in [1.29, 1.82) is 0 Å². The summed E-state index contributed by atoms with van der Waals surface area (Å²) in [6.07, 6.45) is 1.88. The molecule has 0 spiro atoms. The molecule has 1 aromatic heterocycles. The Balaban J connectivity index is 1.85. The van der Waals surface area contributed by atoms with Crippen LogP contribution in [0.1, 0.15) is 35.8 Å². The zero-order valence-corrected chi connectivity index (χ0v) is 14.3. The van der Waals surface area contributed by atoms with Gasteiger partial charge in [0.1, 0.15) is 0 Å². The fraction of sp³-hybridized carbons (Fsp3) is 0.312. The molecule has 2 aromatic rings. The third kappa shape index (κ3) is 5.65. The first-order chi connectivity index (χ1) is 11.1. The Morgan fingerprint density at radius 2 is 2.00 bits per heavy atom. The van der Waals surface area contributed by atoms with Crippen molar-refractivity contribution in [3.63, 3.8) is 0 Å². The van der Waals surface area contributed by atoms with E-state index in [0.29, 0.717) is 35.1 Å².